The van der Waals surface area contributed by atoms with Gasteiger partial charge in [-0.2, -0.15) is 5.26 Å². The highest BCUT2D eigenvalue weighted by atomic mass is 16.2. The zero-order valence-electron chi connectivity index (χ0n) is 11.4. The molecule has 0 unspecified atom stereocenters. The van der Waals surface area contributed by atoms with Crippen LogP contribution in [0.5, 0.6) is 0 Å². The van der Waals surface area contributed by atoms with E-state index in [9.17, 15) is 10.1 Å². The summed E-state index contributed by atoms with van der Waals surface area (Å²) in [5.74, 6) is -1.000. The minimum atomic E-state index is -0.757. The van der Waals surface area contributed by atoms with E-state index in [1.807, 2.05) is 66.7 Å². The minimum absolute atomic E-state index is 0.196. The van der Waals surface area contributed by atoms with Crippen molar-refractivity contribution in [3.05, 3.63) is 77.9 Å². The van der Waals surface area contributed by atoms with Gasteiger partial charge in [-0.05, 0) is 16.7 Å². The van der Waals surface area contributed by atoms with Crippen LogP contribution < -0.4 is 5.32 Å². The topological polar surface area (TPSA) is 52.9 Å². The monoisotopic (exact) mass is 274 g/mol. The van der Waals surface area contributed by atoms with Gasteiger partial charge in [-0.25, -0.2) is 0 Å². The van der Waals surface area contributed by atoms with Crippen molar-refractivity contribution in [1.82, 2.24) is 5.32 Å². The van der Waals surface area contributed by atoms with Gasteiger partial charge < -0.3 is 5.32 Å². The highest BCUT2D eigenvalue weighted by Crippen LogP contribution is 2.31. The number of hydrogen-bond acceptors (Lipinski definition) is 2. The van der Waals surface area contributed by atoms with Gasteiger partial charge in [-0.3, -0.25) is 4.79 Å². The molecule has 0 radical (unpaired) electrons. The van der Waals surface area contributed by atoms with E-state index in [0.717, 1.165) is 16.7 Å². The van der Waals surface area contributed by atoms with E-state index in [4.69, 9.17) is 0 Å². The van der Waals surface area contributed by atoms with E-state index < -0.39 is 5.92 Å². The zero-order chi connectivity index (χ0) is 14.7. The van der Waals surface area contributed by atoms with Crippen LogP contribution >= 0.6 is 0 Å². The van der Waals surface area contributed by atoms with Gasteiger partial charge in [0, 0.05) is 0 Å². The van der Waals surface area contributed by atoms with Crippen LogP contribution in [0.2, 0.25) is 0 Å². The third kappa shape index (κ3) is 2.56. The number of amides is 1. The summed E-state index contributed by atoms with van der Waals surface area (Å²) >= 11 is 0. The van der Waals surface area contributed by atoms with Gasteiger partial charge in [0.2, 0.25) is 5.91 Å². The number of hydrogen-bond donors (Lipinski definition) is 1. The molecule has 0 fully saturated rings. The van der Waals surface area contributed by atoms with Gasteiger partial charge in [0.1, 0.15) is 0 Å². The fraction of sp³-hybridized carbons (Fsp3) is 0.111. The molecule has 3 heteroatoms. The van der Waals surface area contributed by atoms with E-state index in [-0.39, 0.29) is 11.9 Å². The van der Waals surface area contributed by atoms with Crippen LogP contribution in [0.1, 0.15) is 17.2 Å². The van der Waals surface area contributed by atoms with Crippen LogP contribution in [0.25, 0.3) is 5.57 Å². The van der Waals surface area contributed by atoms with Crippen molar-refractivity contribution in [3.63, 3.8) is 0 Å². The van der Waals surface area contributed by atoms with Crippen LogP contribution in [0, 0.1) is 17.2 Å². The lowest BCUT2D eigenvalue weighted by atomic mass is 9.86. The summed E-state index contributed by atoms with van der Waals surface area (Å²) in [6, 6.07) is 21.2. The molecule has 3 rings (SSSR count). The van der Waals surface area contributed by atoms with Gasteiger partial charge in [-0.1, -0.05) is 66.7 Å². The van der Waals surface area contributed by atoms with Crippen molar-refractivity contribution >= 4 is 11.5 Å². The second-order valence-electron chi connectivity index (χ2n) is 4.95. The fourth-order valence-corrected chi connectivity index (χ4v) is 2.56. The van der Waals surface area contributed by atoms with E-state index in [1.165, 1.54) is 0 Å². The molecule has 1 aliphatic rings. The van der Waals surface area contributed by atoms with Crippen LogP contribution in [0.15, 0.2) is 66.7 Å². The largest absolute Gasteiger partial charge is 0.344 e. The molecule has 2 aromatic carbocycles. The number of nitriles is 1. The maximum atomic E-state index is 12.2. The molecular formula is C18H14N2O. The van der Waals surface area contributed by atoms with Crippen molar-refractivity contribution in [1.29, 1.82) is 5.26 Å². The second-order valence-corrected chi connectivity index (χ2v) is 4.95. The normalized spacial score (nSPS) is 21.1. The lowest BCUT2D eigenvalue weighted by Crippen LogP contribution is -2.37. The average molecular weight is 274 g/mol. The first-order valence-electron chi connectivity index (χ1n) is 6.81. The van der Waals surface area contributed by atoms with Crippen molar-refractivity contribution in [2.75, 3.05) is 0 Å². The number of nitrogens with zero attached hydrogens (tertiary/aromatic N) is 1. The van der Waals surface area contributed by atoms with E-state index in [1.54, 1.807) is 0 Å². The summed E-state index contributed by atoms with van der Waals surface area (Å²) in [5.41, 5.74) is 2.70. The molecule has 2 aromatic rings. The Labute approximate surface area is 123 Å². The van der Waals surface area contributed by atoms with Crippen molar-refractivity contribution < 1.29 is 4.79 Å². The highest BCUT2D eigenvalue weighted by molar-refractivity contribution is 5.97. The van der Waals surface area contributed by atoms with Gasteiger partial charge in [0.25, 0.3) is 0 Å². The summed E-state index contributed by atoms with van der Waals surface area (Å²) in [5, 5.41) is 12.2. The quantitative estimate of drug-likeness (QED) is 0.915. The Morgan fingerprint density at radius 1 is 0.952 bits per heavy atom. The van der Waals surface area contributed by atoms with Gasteiger partial charge >= 0.3 is 0 Å². The first-order valence-corrected chi connectivity index (χ1v) is 6.81. The first kappa shape index (κ1) is 13.1. The molecule has 1 amide bonds. The first-order chi connectivity index (χ1) is 10.3. The SMILES string of the molecule is N#C[C@H]1C(=O)N[C@H](c2ccccc2)C=C1c1ccccc1. The van der Waals surface area contributed by atoms with E-state index >= 15 is 0 Å². The van der Waals surface area contributed by atoms with Crippen molar-refractivity contribution in [3.8, 4) is 6.07 Å². The maximum Gasteiger partial charge on any atom is 0.242 e. The number of benzene rings is 2. The van der Waals surface area contributed by atoms with E-state index in [0.29, 0.717) is 0 Å². The molecule has 0 bridgehead atoms. The Morgan fingerprint density at radius 2 is 1.57 bits per heavy atom. The highest BCUT2D eigenvalue weighted by Gasteiger charge is 2.31. The molecule has 1 heterocycles. The van der Waals surface area contributed by atoms with Gasteiger partial charge in [0.15, 0.2) is 5.92 Å². The molecule has 3 nitrogen and oxygen atoms in total. The molecule has 2 atom stereocenters. The lowest BCUT2D eigenvalue weighted by molar-refractivity contribution is -0.122. The summed E-state index contributed by atoms with van der Waals surface area (Å²) in [6.07, 6.45) is 1.97. The summed E-state index contributed by atoms with van der Waals surface area (Å²) < 4.78 is 0. The van der Waals surface area contributed by atoms with Gasteiger partial charge in [-0.15, -0.1) is 0 Å². The Kier molecular flexibility index (Phi) is 3.53. The predicted molar refractivity (Wildman–Crippen MR) is 80.8 cm³/mol. The number of nitrogens with one attached hydrogen (secondary N) is 1. The predicted octanol–water partition coefficient (Wildman–Crippen LogP) is 3.08. The van der Waals surface area contributed by atoms with Crippen LogP contribution in [-0.2, 0) is 4.79 Å². The van der Waals surface area contributed by atoms with Gasteiger partial charge in [0.05, 0.1) is 12.1 Å². The Hall–Kier alpha value is -2.86. The minimum Gasteiger partial charge on any atom is -0.344 e. The molecule has 21 heavy (non-hydrogen) atoms. The summed E-state index contributed by atoms with van der Waals surface area (Å²) in [6.45, 7) is 0. The smallest absolute Gasteiger partial charge is 0.242 e. The Bertz CT molecular complexity index is 714. The van der Waals surface area contributed by atoms with Crippen molar-refractivity contribution in [2.24, 2.45) is 5.92 Å². The Balaban J connectivity index is 2.07. The molecule has 0 saturated heterocycles. The summed E-state index contributed by atoms with van der Waals surface area (Å²) in [4.78, 5) is 12.2. The summed E-state index contributed by atoms with van der Waals surface area (Å²) in [7, 11) is 0. The van der Waals surface area contributed by atoms with Crippen LogP contribution in [0.3, 0.4) is 0 Å². The maximum absolute atomic E-state index is 12.2. The third-order valence-electron chi connectivity index (χ3n) is 3.61. The number of carbonyl (C=O) groups excluding carboxylic acids is 1. The standard InChI is InChI=1S/C18H14N2O/c19-12-16-15(13-7-3-1-4-8-13)11-17(20-18(16)21)14-9-5-2-6-10-14/h1-11,16-17H,(H,20,21)/t16-,17+/m1/s1. The number of rotatable bonds is 2. The fourth-order valence-electron chi connectivity index (χ4n) is 2.56. The Morgan fingerprint density at radius 3 is 2.19 bits per heavy atom. The molecule has 102 valence electrons. The molecule has 0 aliphatic carbocycles. The molecule has 0 aromatic heterocycles. The molecule has 0 saturated carbocycles. The molecule has 1 N–H and O–H groups in total. The second kappa shape index (κ2) is 5.64. The van der Waals surface area contributed by atoms with Crippen LogP contribution in [0.4, 0.5) is 0 Å². The lowest BCUT2D eigenvalue weighted by Gasteiger charge is -2.26. The van der Waals surface area contributed by atoms with Crippen LogP contribution in [-0.4, -0.2) is 5.91 Å². The molecular weight excluding hydrogens is 260 g/mol. The third-order valence-corrected chi connectivity index (χ3v) is 3.61. The number of carbonyl (C=O) groups is 1. The van der Waals surface area contributed by atoms with E-state index in [2.05, 4.69) is 11.4 Å². The molecule has 1 aliphatic heterocycles. The van der Waals surface area contributed by atoms with Crippen molar-refractivity contribution in [2.45, 2.75) is 6.04 Å². The molecule has 0 spiro atoms. The average Bonchev–Trinajstić information content (AvgIpc) is 2.55. The zero-order valence-corrected chi connectivity index (χ0v) is 11.4.